The lowest BCUT2D eigenvalue weighted by molar-refractivity contribution is -0.141. The first-order chi connectivity index (χ1) is 8.68. The van der Waals surface area contributed by atoms with E-state index in [0.717, 1.165) is 0 Å². The number of alkyl halides is 5. The molecule has 1 aromatic rings. The maximum absolute atomic E-state index is 12.7. The molecule has 0 atom stereocenters. The van der Waals surface area contributed by atoms with E-state index >= 15 is 0 Å². The Morgan fingerprint density at radius 3 is 2.47 bits per heavy atom. The minimum Gasteiger partial charge on any atom is -0.461 e. The van der Waals surface area contributed by atoms with Crippen LogP contribution in [0.4, 0.5) is 27.6 Å². The van der Waals surface area contributed by atoms with Crippen LogP contribution in [0.2, 0.25) is 0 Å². The predicted molar refractivity (Wildman–Crippen MR) is 54.6 cm³/mol. The lowest BCUT2D eigenvalue weighted by atomic mass is 10.1. The van der Waals surface area contributed by atoms with Crippen molar-refractivity contribution in [3.05, 3.63) is 23.0 Å². The third-order valence-corrected chi connectivity index (χ3v) is 2.07. The van der Waals surface area contributed by atoms with E-state index in [-0.39, 0.29) is 12.7 Å². The zero-order chi connectivity index (χ0) is 14.8. The summed E-state index contributed by atoms with van der Waals surface area (Å²) in [6.07, 6.45) is -8.15. The monoisotopic (exact) mass is 284 g/mol. The summed E-state index contributed by atoms with van der Waals surface area (Å²) < 4.78 is 67.2. The smallest absolute Gasteiger partial charge is 0.433 e. The van der Waals surface area contributed by atoms with Gasteiger partial charge in [-0.25, -0.2) is 18.6 Å². The maximum atomic E-state index is 12.7. The first-order valence-corrected chi connectivity index (χ1v) is 5.01. The molecule has 1 rings (SSSR count). The molecule has 0 aliphatic carbocycles. The van der Waals surface area contributed by atoms with Gasteiger partial charge < -0.3 is 10.5 Å². The van der Waals surface area contributed by atoms with Crippen molar-refractivity contribution in [3.63, 3.8) is 0 Å². The van der Waals surface area contributed by atoms with Gasteiger partial charge in [0.25, 0.3) is 6.43 Å². The molecule has 1 heterocycles. The molecule has 1 aromatic heterocycles. The number of pyridine rings is 1. The number of ether oxygens (including phenoxy) is 1. The molecule has 0 amide bonds. The SMILES string of the molecule is CCOC(=O)c1nc(C(F)(F)F)cc(N)c1C(F)F. The fourth-order valence-electron chi connectivity index (χ4n) is 1.30. The molecular formula is C10H9F5N2O2. The molecule has 0 saturated heterocycles. The Bertz CT molecular complexity index is 488. The minimum absolute atomic E-state index is 0.195. The number of nitrogens with zero attached hydrogens (tertiary/aromatic N) is 1. The average molecular weight is 284 g/mol. The highest BCUT2D eigenvalue weighted by atomic mass is 19.4. The zero-order valence-electron chi connectivity index (χ0n) is 9.59. The largest absolute Gasteiger partial charge is 0.461 e. The molecule has 19 heavy (non-hydrogen) atoms. The van der Waals surface area contributed by atoms with Gasteiger partial charge in [0.1, 0.15) is 5.69 Å². The Kier molecular flexibility index (Phi) is 4.28. The summed E-state index contributed by atoms with van der Waals surface area (Å²) in [7, 11) is 0. The Labute approximate surface area is 104 Å². The van der Waals surface area contributed by atoms with Gasteiger partial charge in [-0.2, -0.15) is 13.2 Å². The second kappa shape index (κ2) is 5.37. The van der Waals surface area contributed by atoms with Crippen molar-refractivity contribution >= 4 is 11.7 Å². The van der Waals surface area contributed by atoms with E-state index in [2.05, 4.69) is 9.72 Å². The standard InChI is InChI=1S/C10H9F5N2O2/c1-2-19-9(18)7-6(8(11)12)4(16)3-5(17-7)10(13,14)15/h3,8H,2H2,1H3,(H2,16,17). The van der Waals surface area contributed by atoms with Gasteiger partial charge in [0.15, 0.2) is 5.69 Å². The van der Waals surface area contributed by atoms with Crippen LogP contribution in [0.15, 0.2) is 6.07 Å². The van der Waals surface area contributed by atoms with Crippen LogP contribution in [0.3, 0.4) is 0 Å². The van der Waals surface area contributed by atoms with Gasteiger partial charge in [-0.05, 0) is 13.0 Å². The van der Waals surface area contributed by atoms with Crippen molar-refractivity contribution in [3.8, 4) is 0 Å². The van der Waals surface area contributed by atoms with E-state index in [1.165, 1.54) is 6.92 Å². The van der Waals surface area contributed by atoms with Crippen molar-refractivity contribution in [2.24, 2.45) is 0 Å². The lowest BCUT2D eigenvalue weighted by Crippen LogP contribution is -2.18. The van der Waals surface area contributed by atoms with Gasteiger partial charge in [-0.15, -0.1) is 0 Å². The highest BCUT2D eigenvalue weighted by Gasteiger charge is 2.36. The summed E-state index contributed by atoms with van der Waals surface area (Å²) >= 11 is 0. The number of carbonyl (C=O) groups is 1. The molecule has 2 N–H and O–H groups in total. The molecule has 0 unspecified atom stereocenters. The van der Waals surface area contributed by atoms with Crippen LogP contribution in [0, 0.1) is 0 Å². The molecule has 0 bridgehead atoms. The number of aromatic nitrogens is 1. The highest BCUT2D eigenvalue weighted by molar-refractivity contribution is 5.90. The van der Waals surface area contributed by atoms with Crippen molar-refractivity contribution in [2.75, 3.05) is 12.3 Å². The normalized spacial score (nSPS) is 11.7. The number of hydrogen-bond donors (Lipinski definition) is 1. The van der Waals surface area contributed by atoms with E-state index in [1.807, 2.05) is 0 Å². The molecule has 0 fully saturated rings. The topological polar surface area (TPSA) is 65.2 Å². The summed E-state index contributed by atoms with van der Waals surface area (Å²) in [5.41, 5.74) is 0.550. The number of nitrogen functional groups attached to an aromatic ring is 1. The first kappa shape index (κ1) is 15.1. The van der Waals surface area contributed by atoms with Crippen molar-refractivity contribution < 1.29 is 31.5 Å². The zero-order valence-corrected chi connectivity index (χ0v) is 9.59. The van der Waals surface area contributed by atoms with Gasteiger partial charge >= 0.3 is 12.1 Å². The quantitative estimate of drug-likeness (QED) is 0.684. The van der Waals surface area contributed by atoms with E-state index < -0.39 is 41.2 Å². The van der Waals surface area contributed by atoms with Gasteiger partial charge in [-0.3, -0.25) is 0 Å². The molecule has 0 aliphatic heterocycles. The fraction of sp³-hybridized carbons (Fsp3) is 0.400. The van der Waals surface area contributed by atoms with Gasteiger partial charge in [0.2, 0.25) is 0 Å². The number of halogens is 5. The summed E-state index contributed by atoms with van der Waals surface area (Å²) in [5, 5.41) is 0. The van der Waals surface area contributed by atoms with Crippen LogP contribution in [-0.2, 0) is 10.9 Å². The highest BCUT2D eigenvalue weighted by Crippen LogP contribution is 2.34. The Morgan fingerprint density at radius 2 is 2.05 bits per heavy atom. The van der Waals surface area contributed by atoms with Crippen LogP contribution in [0.5, 0.6) is 0 Å². The van der Waals surface area contributed by atoms with Crippen LogP contribution < -0.4 is 5.73 Å². The third kappa shape index (κ3) is 3.30. The molecule has 106 valence electrons. The van der Waals surface area contributed by atoms with E-state index in [0.29, 0.717) is 0 Å². The molecule has 4 nitrogen and oxygen atoms in total. The Balaban J connectivity index is 3.46. The van der Waals surface area contributed by atoms with Gasteiger partial charge in [-0.1, -0.05) is 0 Å². The lowest BCUT2D eigenvalue weighted by Gasteiger charge is -2.13. The molecule has 9 heteroatoms. The summed E-state index contributed by atoms with van der Waals surface area (Å²) in [6, 6.07) is 0.254. The van der Waals surface area contributed by atoms with Crippen LogP contribution in [0.25, 0.3) is 0 Å². The molecule has 0 radical (unpaired) electrons. The molecule has 0 aromatic carbocycles. The second-order valence-electron chi connectivity index (χ2n) is 3.38. The number of anilines is 1. The maximum Gasteiger partial charge on any atom is 0.433 e. The van der Waals surface area contributed by atoms with E-state index in [9.17, 15) is 26.7 Å². The van der Waals surface area contributed by atoms with Crippen molar-refractivity contribution in [1.29, 1.82) is 0 Å². The fourth-order valence-corrected chi connectivity index (χ4v) is 1.30. The second-order valence-corrected chi connectivity index (χ2v) is 3.38. The number of carbonyl (C=O) groups excluding carboxylic acids is 1. The number of hydrogen-bond acceptors (Lipinski definition) is 4. The minimum atomic E-state index is -4.91. The molecular weight excluding hydrogens is 275 g/mol. The van der Waals surface area contributed by atoms with Crippen LogP contribution >= 0.6 is 0 Å². The van der Waals surface area contributed by atoms with Crippen molar-refractivity contribution in [2.45, 2.75) is 19.5 Å². The Morgan fingerprint density at radius 1 is 1.47 bits per heavy atom. The summed E-state index contributed by atoms with van der Waals surface area (Å²) in [5.74, 6) is -1.38. The summed E-state index contributed by atoms with van der Waals surface area (Å²) in [6.45, 7) is 1.18. The molecule has 0 spiro atoms. The van der Waals surface area contributed by atoms with Gasteiger partial charge in [0.05, 0.1) is 12.2 Å². The van der Waals surface area contributed by atoms with Crippen molar-refractivity contribution in [1.82, 2.24) is 4.98 Å². The number of nitrogens with two attached hydrogens (primary N) is 1. The third-order valence-electron chi connectivity index (χ3n) is 2.07. The van der Waals surface area contributed by atoms with Gasteiger partial charge in [0, 0.05) is 5.69 Å². The molecule has 0 saturated carbocycles. The van der Waals surface area contributed by atoms with Crippen LogP contribution in [0.1, 0.15) is 35.1 Å². The molecule has 0 aliphatic rings. The van der Waals surface area contributed by atoms with Crippen LogP contribution in [-0.4, -0.2) is 17.6 Å². The van der Waals surface area contributed by atoms with E-state index in [4.69, 9.17) is 5.73 Å². The first-order valence-electron chi connectivity index (χ1n) is 5.01. The summed E-state index contributed by atoms with van der Waals surface area (Å²) in [4.78, 5) is 14.2. The Hall–Kier alpha value is -1.93. The predicted octanol–water partition coefficient (Wildman–Crippen LogP) is 2.80. The average Bonchev–Trinajstić information content (AvgIpc) is 2.26. The number of rotatable bonds is 3. The number of esters is 1. The van der Waals surface area contributed by atoms with E-state index in [1.54, 1.807) is 0 Å².